The number of aliphatic imine (C=N–C) groups is 1. The number of ether oxygens (including phenoxy) is 2. The lowest BCUT2D eigenvalue weighted by Crippen LogP contribution is -2.47. The summed E-state index contributed by atoms with van der Waals surface area (Å²) < 4.78 is 11.1. The van der Waals surface area contributed by atoms with Crippen molar-refractivity contribution in [2.45, 2.75) is 64.9 Å². The van der Waals surface area contributed by atoms with Crippen LogP contribution in [-0.2, 0) is 21.3 Å². The van der Waals surface area contributed by atoms with Crippen LogP contribution in [0, 0.1) is 0 Å². The van der Waals surface area contributed by atoms with E-state index >= 15 is 0 Å². The highest BCUT2D eigenvalue weighted by atomic mass is 16.5. The molecule has 0 atom stereocenters. The van der Waals surface area contributed by atoms with Gasteiger partial charge in [-0.2, -0.15) is 0 Å². The molecule has 0 amide bonds. The third-order valence-electron chi connectivity index (χ3n) is 5.40. The first-order valence-corrected chi connectivity index (χ1v) is 11.2. The van der Waals surface area contributed by atoms with Crippen molar-refractivity contribution in [3.8, 4) is 0 Å². The van der Waals surface area contributed by atoms with Crippen molar-refractivity contribution in [1.29, 1.82) is 0 Å². The smallest absolute Gasteiger partial charge is 0.193 e. The van der Waals surface area contributed by atoms with Crippen LogP contribution in [0.5, 0.6) is 0 Å². The van der Waals surface area contributed by atoms with Gasteiger partial charge in [0.2, 0.25) is 0 Å². The summed E-state index contributed by atoms with van der Waals surface area (Å²) >= 11 is 0. The average Bonchev–Trinajstić information content (AvgIpc) is 2.71. The Hall–Kier alpha value is -1.59. The van der Waals surface area contributed by atoms with Crippen LogP contribution < -0.4 is 5.32 Å². The van der Waals surface area contributed by atoms with Crippen molar-refractivity contribution in [3.05, 3.63) is 35.4 Å². The second kappa shape index (κ2) is 12.2. The topological polar surface area (TPSA) is 46.1 Å². The highest BCUT2D eigenvalue weighted by Crippen LogP contribution is 2.22. The van der Waals surface area contributed by atoms with E-state index in [1.165, 1.54) is 11.1 Å². The van der Waals surface area contributed by atoms with Crippen molar-refractivity contribution in [2.75, 3.05) is 46.5 Å². The lowest BCUT2D eigenvalue weighted by molar-refractivity contribution is 0.00991. The molecule has 0 aliphatic carbocycles. The molecule has 1 fully saturated rings. The summed E-state index contributed by atoms with van der Waals surface area (Å²) in [4.78, 5) is 7.27. The van der Waals surface area contributed by atoms with E-state index in [4.69, 9.17) is 14.5 Å². The Morgan fingerprint density at radius 3 is 2.41 bits per heavy atom. The Balaban J connectivity index is 1.81. The molecule has 1 N–H and O–H groups in total. The first-order chi connectivity index (χ1) is 13.9. The number of hydrogen-bond donors (Lipinski definition) is 1. The van der Waals surface area contributed by atoms with Crippen molar-refractivity contribution < 1.29 is 9.47 Å². The zero-order valence-electron chi connectivity index (χ0n) is 19.2. The van der Waals surface area contributed by atoms with Gasteiger partial charge in [-0.25, -0.2) is 0 Å². The minimum absolute atomic E-state index is 0.203. The van der Waals surface area contributed by atoms with Gasteiger partial charge in [0, 0.05) is 46.5 Å². The van der Waals surface area contributed by atoms with Gasteiger partial charge in [-0.3, -0.25) is 4.99 Å². The molecule has 0 aromatic heterocycles. The minimum Gasteiger partial charge on any atom is -0.385 e. The molecule has 5 nitrogen and oxygen atoms in total. The van der Waals surface area contributed by atoms with Gasteiger partial charge in [-0.15, -0.1) is 0 Å². The largest absolute Gasteiger partial charge is 0.385 e. The Morgan fingerprint density at radius 1 is 1.14 bits per heavy atom. The molecule has 1 aliphatic heterocycles. The van der Waals surface area contributed by atoms with E-state index in [9.17, 15) is 0 Å². The number of guanidine groups is 1. The minimum atomic E-state index is 0.203. The molecule has 0 unspecified atom stereocenters. The van der Waals surface area contributed by atoms with Crippen molar-refractivity contribution >= 4 is 5.96 Å². The molecule has 0 saturated carbocycles. The maximum atomic E-state index is 5.98. The summed E-state index contributed by atoms with van der Waals surface area (Å²) in [6.45, 7) is 14.2. The third-order valence-corrected chi connectivity index (χ3v) is 5.40. The van der Waals surface area contributed by atoms with E-state index in [2.05, 4.69) is 62.2 Å². The second-order valence-corrected chi connectivity index (χ2v) is 8.84. The number of methoxy groups -OCH3 is 1. The molecule has 0 radical (unpaired) electrons. The standard InChI is InChI=1S/C24H41N3O2/c1-6-25-23(27-16-13-22(14-17-27)29-19-7-18-28-5)26-15-12-20-8-10-21(11-9-20)24(2,3)4/h8-11,22H,6-7,12-19H2,1-5H3,(H,25,26). The van der Waals surface area contributed by atoms with Crippen LogP contribution >= 0.6 is 0 Å². The number of likely N-dealkylation sites (tertiary alicyclic amines) is 1. The number of nitrogens with zero attached hydrogens (tertiary/aromatic N) is 2. The van der Waals surface area contributed by atoms with Crippen molar-refractivity contribution in [2.24, 2.45) is 4.99 Å². The number of piperidine rings is 1. The zero-order valence-corrected chi connectivity index (χ0v) is 19.2. The van der Waals surface area contributed by atoms with Gasteiger partial charge in [-0.1, -0.05) is 45.0 Å². The maximum absolute atomic E-state index is 5.98. The van der Waals surface area contributed by atoms with Gasteiger partial charge < -0.3 is 19.7 Å². The number of hydrogen-bond acceptors (Lipinski definition) is 3. The molecule has 29 heavy (non-hydrogen) atoms. The van der Waals surface area contributed by atoms with Crippen LogP contribution in [0.15, 0.2) is 29.3 Å². The van der Waals surface area contributed by atoms with E-state index < -0.39 is 0 Å². The summed E-state index contributed by atoms with van der Waals surface area (Å²) in [5.41, 5.74) is 2.93. The molecule has 1 aromatic rings. The number of nitrogens with one attached hydrogen (secondary N) is 1. The fourth-order valence-electron chi connectivity index (χ4n) is 3.58. The molecule has 0 bridgehead atoms. The highest BCUT2D eigenvalue weighted by Gasteiger charge is 2.21. The first-order valence-electron chi connectivity index (χ1n) is 11.2. The molecule has 2 rings (SSSR count). The monoisotopic (exact) mass is 403 g/mol. The van der Waals surface area contributed by atoms with E-state index in [1.54, 1.807) is 7.11 Å². The molecule has 1 aromatic carbocycles. The van der Waals surface area contributed by atoms with Crippen LogP contribution in [0.3, 0.4) is 0 Å². The summed E-state index contributed by atoms with van der Waals surface area (Å²) in [5.74, 6) is 1.04. The third kappa shape index (κ3) is 8.35. The number of benzene rings is 1. The summed E-state index contributed by atoms with van der Waals surface area (Å²) in [6.07, 6.45) is 4.43. The molecule has 1 heterocycles. The Labute approximate surface area is 177 Å². The van der Waals surface area contributed by atoms with Crippen LogP contribution in [0.1, 0.15) is 58.1 Å². The SMILES string of the molecule is CCNC(=NCCc1ccc(C(C)(C)C)cc1)N1CCC(OCCCOC)CC1. The fourth-order valence-corrected chi connectivity index (χ4v) is 3.58. The van der Waals surface area contributed by atoms with Gasteiger partial charge in [0.1, 0.15) is 0 Å². The Bertz CT molecular complexity index is 600. The molecule has 1 saturated heterocycles. The zero-order chi connectivity index (χ0) is 21.1. The van der Waals surface area contributed by atoms with Crippen molar-refractivity contribution in [1.82, 2.24) is 10.2 Å². The summed E-state index contributed by atoms with van der Waals surface area (Å²) in [7, 11) is 1.74. The predicted octanol–water partition coefficient (Wildman–Crippen LogP) is 4.01. The van der Waals surface area contributed by atoms with Gasteiger partial charge in [-0.05, 0) is 49.1 Å². The fraction of sp³-hybridized carbons (Fsp3) is 0.708. The lowest BCUT2D eigenvalue weighted by Gasteiger charge is -2.34. The normalized spacial score (nSPS) is 16.3. The molecule has 0 spiro atoms. The van der Waals surface area contributed by atoms with Crippen LogP contribution in [0.4, 0.5) is 0 Å². The first kappa shape index (κ1) is 23.7. The van der Waals surface area contributed by atoms with Gasteiger partial charge in [0.25, 0.3) is 0 Å². The van der Waals surface area contributed by atoms with Crippen LogP contribution in [0.25, 0.3) is 0 Å². The summed E-state index contributed by atoms with van der Waals surface area (Å²) in [5, 5.41) is 3.46. The van der Waals surface area contributed by atoms with E-state index in [0.717, 1.165) is 71.0 Å². The molecular weight excluding hydrogens is 362 g/mol. The predicted molar refractivity (Wildman–Crippen MR) is 122 cm³/mol. The van der Waals surface area contributed by atoms with E-state index in [1.807, 2.05) is 0 Å². The second-order valence-electron chi connectivity index (χ2n) is 8.84. The van der Waals surface area contributed by atoms with Crippen LogP contribution in [0.2, 0.25) is 0 Å². The lowest BCUT2D eigenvalue weighted by atomic mass is 9.86. The van der Waals surface area contributed by atoms with Crippen molar-refractivity contribution in [3.63, 3.8) is 0 Å². The highest BCUT2D eigenvalue weighted by molar-refractivity contribution is 5.80. The van der Waals surface area contributed by atoms with Gasteiger partial charge in [0.05, 0.1) is 6.10 Å². The molecular formula is C24H41N3O2. The van der Waals surface area contributed by atoms with E-state index in [-0.39, 0.29) is 5.41 Å². The summed E-state index contributed by atoms with van der Waals surface area (Å²) in [6, 6.07) is 8.99. The maximum Gasteiger partial charge on any atom is 0.193 e. The quantitative estimate of drug-likeness (QED) is 0.384. The Morgan fingerprint density at radius 2 is 1.83 bits per heavy atom. The molecule has 5 heteroatoms. The average molecular weight is 404 g/mol. The number of rotatable bonds is 9. The van der Waals surface area contributed by atoms with Crippen LogP contribution in [-0.4, -0.2) is 63.5 Å². The van der Waals surface area contributed by atoms with Gasteiger partial charge in [0.15, 0.2) is 5.96 Å². The molecule has 1 aliphatic rings. The Kier molecular flexibility index (Phi) is 9.95. The molecule has 164 valence electrons. The van der Waals surface area contributed by atoms with E-state index in [0.29, 0.717) is 6.10 Å². The van der Waals surface area contributed by atoms with Gasteiger partial charge >= 0.3 is 0 Å².